The van der Waals surface area contributed by atoms with Gasteiger partial charge in [0.25, 0.3) is 5.91 Å². The molecule has 8 heteroatoms. The minimum atomic E-state index is -3.32. The Hall–Kier alpha value is -1.90. The quantitative estimate of drug-likeness (QED) is 0.838. The number of carbonyl (C=O) groups is 1. The van der Waals surface area contributed by atoms with E-state index in [1.807, 2.05) is 24.3 Å². The summed E-state index contributed by atoms with van der Waals surface area (Å²) in [5.74, 6) is -0.0424. The zero-order valence-corrected chi connectivity index (χ0v) is 15.3. The summed E-state index contributed by atoms with van der Waals surface area (Å²) < 4.78 is 32.7. The fraction of sp³-hybridized carbons (Fsp3) is 0.500. The number of benzene rings is 1. The van der Waals surface area contributed by atoms with Crippen LogP contribution >= 0.6 is 0 Å². The number of hydrogen-bond donors (Lipinski definition) is 2. The maximum atomic E-state index is 12.8. The molecule has 2 aromatic rings. The van der Waals surface area contributed by atoms with Crippen molar-refractivity contribution in [2.75, 3.05) is 26.2 Å². The van der Waals surface area contributed by atoms with E-state index in [2.05, 4.69) is 10.6 Å². The summed E-state index contributed by atoms with van der Waals surface area (Å²) in [6, 6.07) is 8.97. The highest BCUT2D eigenvalue weighted by Crippen LogP contribution is 2.22. The fourth-order valence-electron chi connectivity index (χ4n) is 3.73. The van der Waals surface area contributed by atoms with Crippen molar-refractivity contribution >= 4 is 26.9 Å². The van der Waals surface area contributed by atoms with Crippen LogP contribution in [0.25, 0.3) is 11.0 Å². The molecule has 4 rings (SSSR count). The van der Waals surface area contributed by atoms with Gasteiger partial charge < -0.3 is 15.1 Å². The lowest BCUT2D eigenvalue weighted by molar-refractivity contribution is 0.0895. The minimum absolute atomic E-state index is 0.200. The Morgan fingerprint density at radius 2 is 2.12 bits per heavy atom. The summed E-state index contributed by atoms with van der Waals surface area (Å²) in [6.45, 7) is 2.10. The van der Waals surface area contributed by atoms with Gasteiger partial charge in [0.1, 0.15) is 5.58 Å². The molecule has 2 fully saturated rings. The predicted octanol–water partition coefficient (Wildman–Crippen LogP) is 1.32. The Labute approximate surface area is 152 Å². The third-order valence-corrected chi connectivity index (χ3v) is 7.46. The molecule has 140 valence electrons. The lowest BCUT2D eigenvalue weighted by Gasteiger charge is -2.33. The zero-order valence-electron chi connectivity index (χ0n) is 14.5. The maximum Gasteiger partial charge on any atom is 0.287 e. The highest BCUT2D eigenvalue weighted by atomic mass is 32.2. The molecule has 26 heavy (non-hydrogen) atoms. The van der Waals surface area contributed by atoms with Crippen LogP contribution in [-0.2, 0) is 10.0 Å². The zero-order chi connectivity index (χ0) is 18.1. The van der Waals surface area contributed by atoms with Crippen LogP contribution in [0.3, 0.4) is 0 Å². The number of fused-ring (bicyclic) bond motifs is 1. The number of piperidine rings is 1. The summed E-state index contributed by atoms with van der Waals surface area (Å²) in [5.41, 5.74) is 0.666. The van der Waals surface area contributed by atoms with Crippen LogP contribution in [0, 0.1) is 0 Å². The van der Waals surface area contributed by atoms with Crippen LogP contribution in [0.2, 0.25) is 0 Å². The van der Waals surface area contributed by atoms with Crippen LogP contribution in [0.15, 0.2) is 34.7 Å². The van der Waals surface area contributed by atoms with Crippen molar-refractivity contribution in [3.63, 3.8) is 0 Å². The standard InChI is InChI=1S/C18H23N3O4S/c22-18(17-10-13-4-1-2-6-16(13)25-17)20-14-5-3-9-21(12-14)26(23,24)15-7-8-19-11-15/h1-2,4,6,10,14-15,19H,3,5,7-9,11-12H2,(H,20,22). The van der Waals surface area contributed by atoms with Gasteiger partial charge >= 0.3 is 0 Å². The monoisotopic (exact) mass is 377 g/mol. The number of furan rings is 1. The van der Waals surface area contributed by atoms with E-state index in [1.165, 1.54) is 4.31 Å². The van der Waals surface area contributed by atoms with Gasteiger partial charge in [-0.1, -0.05) is 18.2 Å². The minimum Gasteiger partial charge on any atom is -0.451 e. The third-order valence-electron chi connectivity index (χ3n) is 5.16. The highest BCUT2D eigenvalue weighted by Gasteiger charge is 2.37. The van der Waals surface area contributed by atoms with Crippen molar-refractivity contribution in [1.82, 2.24) is 14.9 Å². The molecular weight excluding hydrogens is 354 g/mol. The molecule has 2 aliphatic rings. The van der Waals surface area contributed by atoms with Crippen molar-refractivity contribution in [2.45, 2.75) is 30.6 Å². The SMILES string of the molecule is O=C(NC1CCCN(S(=O)(=O)C2CCNC2)C1)c1cc2ccccc2o1. The Bertz CT molecular complexity index is 869. The third kappa shape index (κ3) is 3.36. The first-order chi connectivity index (χ1) is 12.5. The van der Waals surface area contributed by atoms with Crippen LogP contribution in [-0.4, -0.2) is 56.1 Å². The van der Waals surface area contributed by atoms with Gasteiger partial charge in [-0.05, 0) is 37.9 Å². The highest BCUT2D eigenvalue weighted by molar-refractivity contribution is 7.89. The maximum absolute atomic E-state index is 12.8. The molecule has 0 spiro atoms. The van der Waals surface area contributed by atoms with Crippen LogP contribution < -0.4 is 10.6 Å². The van der Waals surface area contributed by atoms with Crippen molar-refractivity contribution in [3.05, 3.63) is 36.1 Å². The summed E-state index contributed by atoms with van der Waals surface area (Å²) >= 11 is 0. The van der Waals surface area contributed by atoms with E-state index in [1.54, 1.807) is 6.07 Å². The van der Waals surface area contributed by atoms with E-state index in [4.69, 9.17) is 4.42 Å². The van der Waals surface area contributed by atoms with Crippen molar-refractivity contribution in [2.24, 2.45) is 0 Å². The Morgan fingerprint density at radius 1 is 1.27 bits per heavy atom. The smallest absolute Gasteiger partial charge is 0.287 e. The van der Waals surface area contributed by atoms with Gasteiger partial charge in [0.2, 0.25) is 10.0 Å². The first-order valence-corrected chi connectivity index (χ1v) is 10.5. The Balaban J connectivity index is 1.43. The number of sulfonamides is 1. The number of hydrogen-bond acceptors (Lipinski definition) is 5. The molecule has 0 saturated carbocycles. The predicted molar refractivity (Wildman–Crippen MR) is 98.5 cm³/mol. The van der Waals surface area contributed by atoms with E-state index < -0.39 is 10.0 Å². The van der Waals surface area contributed by atoms with E-state index in [0.717, 1.165) is 24.8 Å². The number of para-hydroxylation sites is 1. The van der Waals surface area contributed by atoms with E-state index >= 15 is 0 Å². The number of nitrogens with one attached hydrogen (secondary N) is 2. The molecule has 1 aromatic carbocycles. The van der Waals surface area contributed by atoms with Crippen molar-refractivity contribution in [3.8, 4) is 0 Å². The normalized spacial score (nSPS) is 24.8. The second kappa shape index (κ2) is 7.02. The van der Waals surface area contributed by atoms with Gasteiger partial charge in [-0.2, -0.15) is 4.31 Å². The van der Waals surface area contributed by atoms with Gasteiger partial charge in [0.05, 0.1) is 5.25 Å². The average molecular weight is 377 g/mol. The fourth-order valence-corrected chi connectivity index (χ4v) is 5.67. The summed E-state index contributed by atoms with van der Waals surface area (Å²) in [5, 5.41) is 6.56. The number of nitrogens with zero attached hydrogens (tertiary/aromatic N) is 1. The molecule has 1 amide bonds. The van der Waals surface area contributed by atoms with Gasteiger partial charge in [-0.15, -0.1) is 0 Å². The molecule has 2 atom stereocenters. The largest absolute Gasteiger partial charge is 0.451 e. The molecule has 3 heterocycles. The molecular formula is C18H23N3O4S. The second-order valence-corrected chi connectivity index (χ2v) is 9.19. The van der Waals surface area contributed by atoms with Crippen molar-refractivity contribution in [1.29, 1.82) is 0 Å². The van der Waals surface area contributed by atoms with E-state index in [-0.39, 0.29) is 23.0 Å². The van der Waals surface area contributed by atoms with E-state index in [9.17, 15) is 13.2 Å². The van der Waals surface area contributed by atoms with Gasteiger partial charge in [-0.3, -0.25) is 4.79 Å². The van der Waals surface area contributed by atoms with Gasteiger partial charge in [-0.25, -0.2) is 8.42 Å². The lowest BCUT2D eigenvalue weighted by atomic mass is 10.1. The number of rotatable bonds is 4. The van der Waals surface area contributed by atoms with E-state index in [0.29, 0.717) is 31.6 Å². The number of carbonyl (C=O) groups excluding carboxylic acids is 1. The summed E-state index contributed by atoms with van der Waals surface area (Å²) in [4.78, 5) is 12.5. The molecule has 0 bridgehead atoms. The van der Waals surface area contributed by atoms with Gasteiger partial charge in [0.15, 0.2) is 5.76 Å². The number of amides is 1. The molecule has 2 saturated heterocycles. The first-order valence-electron chi connectivity index (χ1n) is 9.03. The second-order valence-electron chi connectivity index (χ2n) is 6.98. The first kappa shape index (κ1) is 17.5. The molecule has 2 unspecified atom stereocenters. The topological polar surface area (TPSA) is 91.7 Å². The van der Waals surface area contributed by atoms with Crippen LogP contribution in [0.5, 0.6) is 0 Å². The molecule has 2 N–H and O–H groups in total. The molecule has 7 nitrogen and oxygen atoms in total. The summed E-state index contributed by atoms with van der Waals surface area (Å²) in [7, 11) is -3.32. The molecule has 1 aromatic heterocycles. The van der Waals surface area contributed by atoms with Gasteiger partial charge in [0, 0.05) is 31.1 Å². The van der Waals surface area contributed by atoms with Crippen molar-refractivity contribution < 1.29 is 17.6 Å². The Morgan fingerprint density at radius 3 is 2.88 bits per heavy atom. The molecule has 0 aliphatic carbocycles. The molecule has 2 aliphatic heterocycles. The Kier molecular flexibility index (Phi) is 4.73. The summed E-state index contributed by atoms with van der Waals surface area (Å²) in [6.07, 6.45) is 2.15. The molecule has 0 radical (unpaired) electrons. The lowest BCUT2D eigenvalue weighted by Crippen LogP contribution is -2.51. The van der Waals surface area contributed by atoms with Crippen LogP contribution in [0.4, 0.5) is 0 Å². The van der Waals surface area contributed by atoms with Crippen LogP contribution in [0.1, 0.15) is 29.8 Å². The average Bonchev–Trinajstić information content (AvgIpc) is 3.32.